The van der Waals surface area contributed by atoms with Crippen molar-refractivity contribution in [3.05, 3.63) is 65.5 Å². The number of nitrogens with two attached hydrogens (primary N) is 1. The molecule has 2 N–H and O–H groups in total. The van der Waals surface area contributed by atoms with Crippen LogP contribution in [-0.4, -0.2) is 10.1 Å². The molecule has 0 amide bonds. The molecule has 0 spiro atoms. The fourth-order valence-electron chi connectivity index (χ4n) is 2.43. The van der Waals surface area contributed by atoms with Crippen molar-refractivity contribution in [3.63, 3.8) is 0 Å². The molecule has 21 heavy (non-hydrogen) atoms. The zero-order chi connectivity index (χ0) is 14.7. The van der Waals surface area contributed by atoms with Gasteiger partial charge in [0.05, 0.1) is 11.3 Å². The second-order valence-corrected chi connectivity index (χ2v) is 5.01. The van der Waals surface area contributed by atoms with Crippen LogP contribution in [0.4, 0.5) is 5.82 Å². The number of pyridine rings is 1. The van der Waals surface area contributed by atoms with Gasteiger partial charge in [0, 0.05) is 12.6 Å². The number of aryl methyl sites for hydroxylation is 3. The molecule has 0 saturated heterocycles. The molecule has 0 unspecified atom stereocenters. The number of aromatic nitrogens is 2. The van der Waals surface area contributed by atoms with Gasteiger partial charge in [-0.15, -0.1) is 0 Å². The Bertz CT molecular complexity index is 735. The minimum atomic E-state index is 0.397. The molecule has 0 aliphatic heterocycles. The molecule has 3 aromatic rings. The molecule has 2 aromatic heterocycles. The summed E-state index contributed by atoms with van der Waals surface area (Å²) in [5, 5.41) is 3.89. The average molecular weight is 279 g/mol. The number of rotatable bonds is 4. The molecule has 0 aliphatic rings. The minimum absolute atomic E-state index is 0.397. The smallest absolute Gasteiger partial charge is 0.176 e. The van der Waals surface area contributed by atoms with Crippen molar-refractivity contribution in [3.8, 4) is 11.3 Å². The number of hydrogen-bond donors (Lipinski definition) is 1. The molecule has 1 aromatic carbocycles. The Morgan fingerprint density at radius 3 is 2.62 bits per heavy atom. The van der Waals surface area contributed by atoms with Crippen molar-refractivity contribution in [1.29, 1.82) is 0 Å². The predicted octanol–water partition coefficient (Wildman–Crippen LogP) is 3.41. The molecule has 0 aliphatic carbocycles. The quantitative estimate of drug-likeness (QED) is 0.794. The first-order valence-electron chi connectivity index (χ1n) is 6.95. The standard InChI is InChI=1S/C17H17N3O/c1-12-6-2-3-7-13(12)9-10-15-16(17(18)20-21-15)14-8-4-5-11-19-14/h2-8,11H,9-10H2,1H3,(H2,18,20). The summed E-state index contributed by atoms with van der Waals surface area (Å²) in [5.74, 6) is 1.18. The van der Waals surface area contributed by atoms with E-state index in [4.69, 9.17) is 10.3 Å². The summed E-state index contributed by atoms with van der Waals surface area (Å²) in [6.45, 7) is 2.11. The molecule has 0 radical (unpaired) electrons. The topological polar surface area (TPSA) is 64.9 Å². The van der Waals surface area contributed by atoms with Gasteiger partial charge in [0.15, 0.2) is 5.82 Å². The van der Waals surface area contributed by atoms with E-state index in [1.807, 2.05) is 24.3 Å². The number of nitrogen functional groups attached to an aromatic ring is 1. The first kappa shape index (κ1) is 13.4. The molecular formula is C17H17N3O. The van der Waals surface area contributed by atoms with Crippen LogP contribution in [0.3, 0.4) is 0 Å². The fraction of sp³-hybridized carbons (Fsp3) is 0.176. The van der Waals surface area contributed by atoms with Crippen LogP contribution in [-0.2, 0) is 12.8 Å². The van der Waals surface area contributed by atoms with E-state index >= 15 is 0 Å². The van der Waals surface area contributed by atoms with Gasteiger partial charge < -0.3 is 10.3 Å². The van der Waals surface area contributed by atoms with Crippen molar-refractivity contribution < 1.29 is 4.52 Å². The van der Waals surface area contributed by atoms with Gasteiger partial charge in [-0.1, -0.05) is 35.5 Å². The molecule has 106 valence electrons. The molecule has 4 heteroatoms. The molecule has 2 heterocycles. The number of hydrogen-bond acceptors (Lipinski definition) is 4. The van der Waals surface area contributed by atoms with Crippen LogP contribution in [0, 0.1) is 6.92 Å². The van der Waals surface area contributed by atoms with Crippen LogP contribution < -0.4 is 5.73 Å². The highest BCUT2D eigenvalue weighted by atomic mass is 16.5. The van der Waals surface area contributed by atoms with E-state index in [1.54, 1.807) is 6.20 Å². The van der Waals surface area contributed by atoms with Crippen LogP contribution in [0.15, 0.2) is 53.2 Å². The summed E-state index contributed by atoms with van der Waals surface area (Å²) < 4.78 is 5.40. The van der Waals surface area contributed by atoms with Crippen LogP contribution >= 0.6 is 0 Å². The highest BCUT2D eigenvalue weighted by Crippen LogP contribution is 2.28. The summed E-state index contributed by atoms with van der Waals surface area (Å²) >= 11 is 0. The Kier molecular flexibility index (Phi) is 3.69. The fourth-order valence-corrected chi connectivity index (χ4v) is 2.43. The van der Waals surface area contributed by atoms with Crippen molar-refractivity contribution in [1.82, 2.24) is 10.1 Å². The van der Waals surface area contributed by atoms with Crippen LogP contribution in [0.1, 0.15) is 16.9 Å². The molecule has 0 atom stereocenters. The van der Waals surface area contributed by atoms with Crippen molar-refractivity contribution in [2.45, 2.75) is 19.8 Å². The average Bonchev–Trinajstić information content (AvgIpc) is 2.88. The zero-order valence-electron chi connectivity index (χ0n) is 11.9. The molecule has 0 fully saturated rings. The SMILES string of the molecule is Cc1ccccc1CCc1onc(N)c1-c1ccccn1. The van der Waals surface area contributed by atoms with Gasteiger partial charge >= 0.3 is 0 Å². The Hall–Kier alpha value is -2.62. The predicted molar refractivity (Wildman–Crippen MR) is 82.7 cm³/mol. The summed E-state index contributed by atoms with van der Waals surface area (Å²) in [6.07, 6.45) is 3.38. The molecule has 3 rings (SSSR count). The van der Waals surface area contributed by atoms with Gasteiger partial charge in [-0.2, -0.15) is 0 Å². The number of nitrogens with zero attached hydrogens (tertiary/aromatic N) is 2. The second-order valence-electron chi connectivity index (χ2n) is 5.01. The Labute approximate surface area is 123 Å². The van der Waals surface area contributed by atoms with E-state index in [2.05, 4.69) is 35.3 Å². The second kappa shape index (κ2) is 5.79. The van der Waals surface area contributed by atoms with Gasteiger partial charge in [0.2, 0.25) is 0 Å². The van der Waals surface area contributed by atoms with Gasteiger partial charge in [0.1, 0.15) is 5.76 Å². The lowest BCUT2D eigenvalue weighted by molar-refractivity contribution is 0.386. The Balaban J connectivity index is 1.86. The third kappa shape index (κ3) is 2.79. The van der Waals surface area contributed by atoms with Crippen LogP contribution in [0.2, 0.25) is 0 Å². The highest BCUT2D eigenvalue weighted by Gasteiger charge is 2.16. The van der Waals surface area contributed by atoms with Crippen molar-refractivity contribution in [2.24, 2.45) is 0 Å². The lowest BCUT2D eigenvalue weighted by atomic mass is 10.0. The van der Waals surface area contributed by atoms with E-state index in [0.29, 0.717) is 5.82 Å². The van der Waals surface area contributed by atoms with E-state index < -0.39 is 0 Å². The minimum Gasteiger partial charge on any atom is -0.380 e. The largest absolute Gasteiger partial charge is 0.380 e. The maximum atomic E-state index is 5.93. The van der Waals surface area contributed by atoms with E-state index in [1.165, 1.54) is 11.1 Å². The zero-order valence-corrected chi connectivity index (χ0v) is 11.9. The maximum Gasteiger partial charge on any atom is 0.176 e. The first-order chi connectivity index (χ1) is 10.3. The molecule has 4 nitrogen and oxygen atoms in total. The summed E-state index contributed by atoms with van der Waals surface area (Å²) in [7, 11) is 0. The molecule has 0 saturated carbocycles. The lowest BCUT2D eigenvalue weighted by Crippen LogP contribution is -1.96. The van der Waals surface area contributed by atoms with Crippen LogP contribution in [0.5, 0.6) is 0 Å². The van der Waals surface area contributed by atoms with E-state index in [0.717, 1.165) is 29.9 Å². The summed E-state index contributed by atoms with van der Waals surface area (Å²) in [6, 6.07) is 14.1. The van der Waals surface area contributed by atoms with Gasteiger partial charge in [-0.05, 0) is 36.6 Å². The normalized spacial score (nSPS) is 10.7. The number of anilines is 1. The van der Waals surface area contributed by atoms with Gasteiger partial charge in [0.25, 0.3) is 0 Å². The number of benzene rings is 1. The lowest BCUT2D eigenvalue weighted by Gasteiger charge is -2.05. The van der Waals surface area contributed by atoms with Gasteiger partial charge in [-0.25, -0.2) is 0 Å². The van der Waals surface area contributed by atoms with E-state index in [-0.39, 0.29) is 0 Å². The first-order valence-corrected chi connectivity index (χ1v) is 6.95. The Morgan fingerprint density at radius 2 is 1.86 bits per heavy atom. The molecule has 0 bridgehead atoms. The maximum absolute atomic E-state index is 5.93. The van der Waals surface area contributed by atoms with E-state index in [9.17, 15) is 0 Å². The van der Waals surface area contributed by atoms with Gasteiger partial charge in [-0.3, -0.25) is 4.98 Å². The summed E-state index contributed by atoms with van der Waals surface area (Å²) in [4.78, 5) is 4.34. The Morgan fingerprint density at radius 1 is 1.05 bits per heavy atom. The summed E-state index contributed by atoms with van der Waals surface area (Å²) in [5.41, 5.74) is 10.1. The van der Waals surface area contributed by atoms with Crippen LogP contribution in [0.25, 0.3) is 11.3 Å². The third-order valence-corrected chi connectivity index (χ3v) is 3.59. The third-order valence-electron chi connectivity index (χ3n) is 3.59. The molecular weight excluding hydrogens is 262 g/mol. The highest BCUT2D eigenvalue weighted by molar-refractivity contribution is 5.72. The van der Waals surface area contributed by atoms with Crippen molar-refractivity contribution >= 4 is 5.82 Å². The van der Waals surface area contributed by atoms with Crippen molar-refractivity contribution in [2.75, 3.05) is 5.73 Å². The monoisotopic (exact) mass is 279 g/mol.